The number of rotatable bonds is 3. The van der Waals surface area contributed by atoms with E-state index in [9.17, 15) is 0 Å². The Bertz CT molecular complexity index is 286. The number of benzene rings is 1. The molecule has 0 aliphatic rings. The van der Waals surface area contributed by atoms with Crippen molar-refractivity contribution in [3.05, 3.63) is 23.8 Å². The summed E-state index contributed by atoms with van der Waals surface area (Å²) in [6, 6.07) is 4.59. The van der Waals surface area contributed by atoms with Crippen LogP contribution in [0.15, 0.2) is 23.3 Å². The van der Waals surface area contributed by atoms with E-state index in [0.717, 1.165) is 5.56 Å². The summed E-state index contributed by atoms with van der Waals surface area (Å²) in [6.07, 6.45) is 0.608. The standard InChI is InChI=1S/C8H10N2O2/c9-10-4-3-6-1-2-7(11)8(12)5-6/h1-2,5,9,11-12H,3-4H2. The fourth-order valence-electron chi connectivity index (χ4n) is 0.910. The molecule has 64 valence electrons. The molecule has 0 saturated carbocycles. The Morgan fingerprint density at radius 3 is 2.58 bits per heavy atom. The molecule has 3 N–H and O–H groups in total. The van der Waals surface area contributed by atoms with Gasteiger partial charge in [0.1, 0.15) is 0 Å². The van der Waals surface area contributed by atoms with Crippen molar-refractivity contribution in [2.75, 3.05) is 6.54 Å². The van der Waals surface area contributed by atoms with Gasteiger partial charge in [-0.2, -0.15) is 5.11 Å². The van der Waals surface area contributed by atoms with Gasteiger partial charge in [-0.05, 0) is 24.1 Å². The van der Waals surface area contributed by atoms with Crippen LogP contribution in [0.5, 0.6) is 11.5 Å². The second-order valence-corrected chi connectivity index (χ2v) is 2.45. The summed E-state index contributed by atoms with van der Waals surface area (Å²) < 4.78 is 0. The third-order valence-electron chi connectivity index (χ3n) is 1.55. The molecule has 0 fully saturated rings. The lowest BCUT2D eigenvalue weighted by molar-refractivity contribution is 0.403. The van der Waals surface area contributed by atoms with Crippen LogP contribution < -0.4 is 0 Å². The van der Waals surface area contributed by atoms with E-state index in [1.54, 1.807) is 6.07 Å². The monoisotopic (exact) mass is 166 g/mol. The molecule has 12 heavy (non-hydrogen) atoms. The molecule has 0 bridgehead atoms. The van der Waals surface area contributed by atoms with Crippen LogP contribution >= 0.6 is 0 Å². The number of hydrogen-bond donors (Lipinski definition) is 3. The van der Waals surface area contributed by atoms with E-state index < -0.39 is 0 Å². The van der Waals surface area contributed by atoms with Crippen LogP contribution in [0, 0.1) is 5.53 Å². The molecule has 4 nitrogen and oxygen atoms in total. The lowest BCUT2D eigenvalue weighted by atomic mass is 10.1. The lowest BCUT2D eigenvalue weighted by Gasteiger charge is -2.00. The molecule has 0 unspecified atom stereocenters. The molecule has 1 aromatic rings. The molecule has 0 aliphatic heterocycles. The van der Waals surface area contributed by atoms with Gasteiger partial charge in [-0.25, -0.2) is 5.53 Å². The first-order chi connectivity index (χ1) is 5.74. The number of nitrogens with zero attached hydrogens (tertiary/aromatic N) is 1. The van der Waals surface area contributed by atoms with Crippen molar-refractivity contribution in [2.24, 2.45) is 5.11 Å². The molecule has 0 aromatic heterocycles. The van der Waals surface area contributed by atoms with Crippen molar-refractivity contribution >= 4 is 0 Å². The fraction of sp³-hybridized carbons (Fsp3) is 0.250. The van der Waals surface area contributed by atoms with Crippen LogP contribution in [0.1, 0.15) is 5.56 Å². The quantitative estimate of drug-likeness (QED) is 0.471. The van der Waals surface area contributed by atoms with E-state index in [1.165, 1.54) is 12.1 Å². The molecule has 0 saturated heterocycles. The van der Waals surface area contributed by atoms with Gasteiger partial charge < -0.3 is 10.2 Å². The van der Waals surface area contributed by atoms with E-state index in [0.29, 0.717) is 13.0 Å². The average Bonchev–Trinajstić information content (AvgIpc) is 2.07. The third-order valence-corrected chi connectivity index (χ3v) is 1.55. The zero-order valence-corrected chi connectivity index (χ0v) is 6.49. The van der Waals surface area contributed by atoms with E-state index in [-0.39, 0.29) is 11.5 Å². The highest BCUT2D eigenvalue weighted by Crippen LogP contribution is 2.24. The predicted octanol–water partition coefficient (Wildman–Crippen LogP) is 1.67. The Morgan fingerprint density at radius 2 is 2.00 bits per heavy atom. The zero-order valence-electron chi connectivity index (χ0n) is 6.49. The summed E-state index contributed by atoms with van der Waals surface area (Å²) in [7, 11) is 0. The Kier molecular flexibility index (Phi) is 2.63. The van der Waals surface area contributed by atoms with Gasteiger partial charge >= 0.3 is 0 Å². The molecule has 0 aliphatic carbocycles. The van der Waals surface area contributed by atoms with Crippen LogP contribution in [0.2, 0.25) is 0 Å². The molecular weight excluding hydrogens is 156 g/mol. The maximum Gasteiger partial charge on any atom is 0.157 e. The van der Waals surface area contributed by atoms with Gasteiger partial charge in [-0.3, -0.25) is 0 Å². The van der Waals surface area contributed by atoms with Gasteiger partial charge in [-0.1, -0.05) is 6.07 Å². The van der Waals surface area contributed by atoms with E-state index in [2.05, 4.69) is 5.11 Å². The van der Waals surface area contributed by atoms with Gasteiger partial charge in [0.15, 0.2) is 11.5 Å². The van der Waals surface area contributed by atoms with Crippen LogP contribution in [-0.2, 0) is 6.42 Å². The minimum Gasteiger partial charge on any atom is -0.504 e. The number of aromatic hydroxyl groups is 2. The van der Waals surface area contributed by atoms with E-state index >= 15 is 0 Å². The van der Waals surface area contributed by atoms with Crippen molar-refractivity contribution < 1.29 is 10.2 Å². The SMILES string of the molecule is N=NCCc1ccc(O)c(O)c1. The maximum atomic E-state index is 9.07. The molecule has 0 heterocycles. The Hall–Kier alpha value is -1.58. The first kappa shape index (κ1) is 8.52. The predicted molar refractivity (Wildman–Crippen MR) is 43.5 cm³/mol. The highest BCUT2D eigenvalue weighted by atomic mass is 16.3. The van der Waals surface area contributed by atoms with Gasteiger partial charge in [0.2, 0.25) is 0 Å². The summed E-state index contributed by atoms with van der Waals surface area (Å²) in [5.74, 6) is -0.251. The van der Waals surface area contributed by atoms with Crippen LogP contribution in [0.25, 0.3) is 0 Å². The summed E-state index contributed by atoms with van der Waals surface area (Å²) in [5.41, 5.74) is 7.42. The van der Waals surface area contributed by atoms with E-state index in [1.807, 2.05) is 0 Å². The summed E-state index contributed by atoms with van der Waals surface area (Å²) in [5, 5.41) is 21.2. The summed E-state index contributed by atoms with van der Waals surface area (Å²) in [4.78, 5) is 0. The number of nitrogens with one attached hydrogen (secondary N) is 1. The molecule has 0 amide bonds. The largest absolute Gasteiger partial charge is 0.504 e. The van der Waals surface area contributed by atoms with E-state index in [4.69, 9.17) is 15.7 Å². The minimum absolute atomic E-state index is 0.124. The first-order valence-electron chi connectivity index (χ1n) is 3.58. The van der Waals surface area contributed by atoms with Gasteiger partial charge in [0, 0.05) is 0 Å². The van der Waals surface area contributed by atoms with Gasteiger partial charge in [0.25, 0.3) is 0 Å². The number of hydrogen-bond acceptors (Lipinski definition) is 4. The van der Waals surface area contributed by atoms with Crippen molar-refractivity contribution in [3.8, 4) is 11.5 Å². The Balaban J connectivity index is 2.75. The summed E-state index contributed by atoms with van der Waals surface area (Å²) >= 11 is 0. The third kappa shape index (κ3) is 1.95. The van der Waals surface area contributed by atoms with Crippen molar-refractivity contribution in [1.29, 1.82) is 5.53 Å². The van der Waals surface area contributed by atoms with Crippen LogP contribution in [0.4, 0.5) is 0 Å². The topological polar surface area (TPSA) is 76.7 Å². The molecular formula is C8H10N2O2. The van der Waals surface area contributed by atoms with Gasteiger partial charge in [0.05, 0.1) is 6.54 Å². The zero-order chi connectivity index (χ0) is 8.97. The van der Waals surface area contributed by atoms with Gasteiger partial charge in [-0.15, -0.1) is 0 Å². The van der Waals surface area contributed by atoms with Crippen molar-refractivity contribution in [2.45, 2.75) is 6.42 Å². The molecule has 0 spiro atoms. The molecule has 0 radical (unpaired) electrons. The molecule has 0 atom stereocenters. The highest BCUT2D eigenvalue weighted by molar-refractivity contribution is 5.40. The minimum atomic E-state index is -0.127. The second-order valence-electron chi connectivity index (χ2n) is 2.45. The Morgan fingerprint density at radius 1 is 1.25 bits per heavy atom. The lowest BCUT2D eigenvalue weighted by Crippen LogP contribution is -1.87. The Labute approximate surface area is 70.0 Å². The highest BCUT2D eigenvalue weighted by Gasteiger charge is 1.99. The van der Waals surface area contributed by atoms with Crippen LogP contribution in [0.3, 0.4) is 0 Å². The first-order valence-corrected chi connectivity index (χ1v) is 3.58. The fourth-order valence-corrected chi connectivity index (χ4v) is 0.910. The van der Waals surface area contributed by atoms with Crippen molar-refractivity contribution in [1.82, 2.24) is 0 Å². The molecule has 4 heteroatoms. The maximum absolute atomic E-state index is 9.07. The number of phenols is 2. The average molecular weight is 166 g/mol. The molecule has 1 aromatic carbocycles. The number of phenolic OH excluding ortho intramolecular Hbond substituents is 2. The van der Waals surface area contributed by atoms with Crippen molar-refractivity contribution in [3.63, 3.8) is 0 Å². The second kappa shape index (κ2) is 3.71. The van der Waals surface area contributed by atoms with Crippen LogP contribution in [-0.4, -0.2) is 16.8 Å². The smallest absolute Gasteiger partial charge is 0.157 e. The molecule has 1 rings (SSSR count). The normalized spacial score (nSPS) is 9.67. The summed E-state index contributed by atoms with van der Waals surface area (Å²) in [6.45, 7) is 0.407.